The van der Waals surface area contributed by atoms with Gasteiger partial charge in [0.2, 0.25) is 0 Å². The fourth-order valence-electron chi connectivity index (χ4n) is 4.72. The molecule has 5 rings (SSSR count). The van der Waals surface area contributed by atoms with Crippen molar-refractivity contribution in [2.24, 2.45) is 0 Å². The summed E-state index contributed by atoms with van der Waals surface area (Å²) in [4.78, 5) is 11.3. The van der Waals surface area contributed by atoms with Gasteiger partial charge in [0, 0.05) is 36.1 Å². The predicted octanol–water partition coefficient (Wildman–Crippen LogP) is 6.01. The van der Waals surface area contributed by atoms with Crippen LogP contribution in [0.5, 0.6) is 5.75 Å². The van der Waals surface area contributed by atoms with Gasteiger partial charge < -0.3 is 19.5 Å². The number of carboxylic acids is 1. The SMILES string of the molecule is O=C(O)c1ccc(-c2c(C3CCOCC3)n(-c3ccc(F)cc3)c3ccc(F)c(O)c23)cc1F. The van der Waals surface area contributed by atoms with Crippen molar-refractivity contribution in [1.82, 2.24) is 4.57 Å². The zero-order valence-electron chi connectivity index (χ0n) is 17.9. The third kappa shape index (κ3) is 3.60. The van der Waals surface area contributed by atoms with Crippen LogP contribution in [0.3, 0.4) is 0 Å². The van der Waals surface area contributed by atoms with Crippen LogP contribution in [0.25, 0.3) is 27.7 Å². The summed E-state index contributed by atoms with van der Waals surface area (Å²) in [5, 5.41) is 20.2. The molecule has 0 aliphatic carbocycles. The molecule has 3 aromatic carbocycles. The molecule has 1 aromatic heterocycles. The summed E-state index contributed by atoms with van der Waals surface area (Å²) in [7, 11) is 0. The number of halogens is 3. The van der Waals surface area contributed by atoms with Crippen molar-refractivity contribution in [2.75, 3.05) is 13.2 Å². The molecule has 0 spiro atoms. The van der Waals surface area contributed by atoms with E-state index in [9.17, 15) is 28.2 Å². The molecule has 0 bridgehead atoms. The number of phenolic OH excluding ortho intramolecular Hbond substituents is 1. The van der Waals surface area contributed by atoms with Crippen molar-refractivity contribution in [3.63, 3.8) is 0 Å². The Morgan fingerprint density at radius 3 is 2.29 bits per heavy atom. The second-order valence-corrected chi connectivity index (χ2v) is 8.25. The number of carbonyl (C=O) groups is 1. The fraction of sp³-hybridized carbons (Fsp3) is 0.192. The van der Waals surface area contributed by atoms with Crippen LogP contribution in [0.2, 0.25) is 0 Å². The maximum absolute atomic E-state index is 14.7. The van der Waals surface area contributed by atoms with E-state index in [0.29, 0.717) is 54.1 Å². The third-order valence-corrected chi connectivity index (χ3v) is 6.28. The van der Waals surface area contributed by atoms with Gasteiger partial charge in [0.1, 0.15) is 11.6 Å². The normalized spacial score (nSPS) is 14.6. The van der Waals surface area contributed by atoms with Gasteiger partial charge in [0.15, 0.2) is 11.6 Å². The molecule has 0 radical (unpaired) electrons. The minimum atomic E-state index is -1.41. The van der Waals surface area contributed by atoms with Gasteiger partial charge >= 0.3 is 5.97 Å². The Balaban J connectivity index is 1.90. The van der Waals surface area contributed by atoms with E-state index in [1.165, 1.54) is 24.3 Å². The fourth-order valence-corrected chi connectivity index (χ4v) is 4.72. The van der Waals surface area contributed by atoms with Crippen molar-refractivity contribution in [1.29, 1.82) is 0 Å². The van der Waals surface area contributed by atoms with E-state index in [4.69, 9.17) is 4.74 Å². The topological polar surface area (TPSA) is 71.7 Å². The second-order valence-electron chi connectivity index (χ2n) is 8.25. The molecule has 0 amide bonds. The van der Waals surface area contributed by atoms with E-state index in [0.717, 1.165) is 18.2 Å². The van der Waals surface area contributed by atoms with Crippen molar-refractivity contribution < 1.29 is 32.9 Å². The molecule has 4 aromatic rings. The van der Waals surface area contributed by atoms with Gasteiger partial charge in [-0.3, -0.25) is 0 Å². The standard InChI is InChI=1S/C26H20F3NO4/c27-16-2-4-17(5-3-16)30-21-8-7-19(28)25(31)23(21)22(24(30)14-9-11-34-12-10-14)15-1-6-18(26(32)33)20(29)13-15/h1-8,13-14,31H,9-12H2,(H,32,33). The van der Waals surface area contributed by atoms with Crippen LogP contribution in [0.15, 0.2) is 54.6 Å². The molecule has 0 saturated carbocycles. The largest absolute Gasteiger partial charge is 0.504 e. The first-order valence-electron chi connectivity index (χ1n) is 10.8. The molecular formula is C26H20F3NO4. The number of aromatic nitrogens is 1. The number of aromatic hydroxyl groups is 1. The molecule has 2 heterocycles. The minimum absolute atomic E-state index is 0.0918. The van der Waals surface area contributed by atoms with E-state index >= 15 is 0 Å². The summed E-state index contributed by atoms with van der Waals surface area (Å²) in [5.41, 5.74) is 1.95. The highest BCUT2D eigenvalue weighted by Crippen LogP contribution is 2.47. The van der Waals surface area contributed by atoms with Gasteiger partial charge in [0.05, 0.1) is 16.5 Å². The number of rotatable bonds is 4. The maximum Gasteiger partial charge on any atom is 0.338 e. The quantitative estimate of drug-likeness (QED) is 0.386. The summed E-state index contributed by atoms with van der Waals surface area (Å²) >= 11 is 0. The number of nitrogens with zero attached hydrogens (tertiary/aromatic N) is 1. The Morgan fingerprint density at radius 2 is 1.65 bits per heavy atom. The van der Waals surface area contributed by atoms with Crippen LogP contribution in [0.1, 0.15) is 34.8 Å². The van der Waals surface area contributed by atoms with Crippen LogP contribution in [-0.4, -0.2) is 34.0 Å². The lowest BCUT2D eigenvalue weighted by Crippen LogP contribution is -2.17. The van der Waals surface area contributed by atoms with E-state index < -0.39 is 34.7 Å². The Hall–Kier alpha value is -3.78. The van der Waals surface area contributed by atoms with Gasteiger partial charge in [-0.05, 0) is 66.9 Å². The number of aromatic carboxylic acids is 1. The number of hydrogen-bond acceptors (Lipinski definition) is 3. The van der Waals surface area contributed by atoms with Gasteiger partial charge in [-0.15, -0.1) is 0 Å². The highest BCUT2D eigenvalue weighted by atomic mass is 19.1. The van der Waals surface area contributed by atoms with Crippen molar-refractivity contribution in [3.8, 4) is 22.6 Å². The van der Waals surface area contributed by atoms with E-state index in [1.54, 1.807) is 12.1 Å². The maximum atomic E-state index is 14.7. The molecule has 5 nitrogen and oxygen atoms in total. The smallest absolute Gasteiger partial charge is 0.338 e. The molecule has 174 valence electrons. The number of benzene rings is 3. The number of carboxylic acid groups (broad SMARTS) is 1. The average Bonchev–Trinajstić information content (AvgIpc) is 3.18. The summed E-state index contributed by atoms with van der Waals surface area (Å²) in [6.07, 6.45) is 1.26. The predicted molar refractivity (Wildman–Crippen MR) is 120 cm³/mol. The Morgan fingerprint density at radius 1 is 0.941 bits per heavy atom. The lowest BCUT2D eigenvalue weighted by atomic mass is 9.89. The number of ether oxygens (including phenoxy) is 1. The Labute approximate surface area is 192 Å². The molecule has 1 saturated heterocycles. The van der Waals surface area contributed by atoms with Gasteiger partial charge in [-0.25, -0.2) is 18.0 Å². The van der Waals surface area contributed by atoms with E-state index in [2.05, 4.69) is 0 Å². The Kier molecular flexibility index (Phi) is 5.53. The van der Waals surface area contributed by atoms with Crippen molar-refractivity contribution in [3.05, 3.63) is 83.3 Å². The number of hydrogen-bond donors (Lipinski definition) is 2. The van der Waals surface area contributed by atoms with Crippen LogP contribution in [0.4, 0.5) is 13.2 Å². The molecular weight excluding hydrogens is 447 g/mol. The molecule has 0 unspecified atom stereocenters. The lowest BCUT2D eigenvalue weighted by Gasteiger charge is -2.26. The van der Waals surface area contributed by atoms with Crippen molar-refractivity contribution in [2.45, 2.75) is 18.8 Å². The molecule has 1 aliphatic rings. The van der Waals surface area contributed by atoms with Gasteiger partial charge in [-0.2, -0.15) is 0 Å². The monoisotopic (exact) mass is 467 g/mol. The first-order chi connectivity index (χ1) is 16.4. The van der Waals surface area contributed by atoms with Crippen LogP contribution >= 0.6 is 0 Å². The third-order valence-electron chi connectivity index (χ3n) is 6.28. The summed E-state index contributed by atoms with van der Waals surface area (Å²) in [6.45, 7) is 0.976. The number of phenols is 1. The van der Waals surface area contributed by atoms with E-state index in [1.807, 2.05) is 4.57 Å². The molecule has 34 heavy (non-hydrogen) atoms. The van der Waals surface area contributed by atoms with E-state index in [-0.39, 0.29) is 11.3 Å². The molecule has 0 atom stereocenters. The molecule has 1 fully saturated rings. The molecule has 8 heteroatoms. The van der Waals surface area contributed by atoms with Crippen LogP contribution in [0, 0.1) is 17.5 Å². The first-order valence-corrected chi connectivity index (χ1v) is 10.8. The van der Waals surface area contributed by atoms with Crippen molar-refractivity contribution >= 4 is 16.9 Å². The minimum Gasteiger partial charge on any atom is -0.504 e. The summed E-state index contributed by atoms with van der Waals surface area (Å²) in [6, 6.07) is 12.1. The zero-order chi connectivity index (χ0) is 24.0. The number of fused-ring (bicyclic) bond motifs is 1. The Bertz CT molecular complexity index is 1410. The highest BCUT2D eigenvalue weighted by Gasteiger charge is 2.30. The highest BCUT2D eigenvalue weighted by molar-refractivity contribution is 6.04. The van der Waals surface area contributed by atoms with Gasteiger partial charge in [0.25, 0.3) is 0 Å². The average molecular weight is 467 g/mol. The lowest BCUT2D eigenvalue weighted by molar-refractivity contribution is 0.0692. The van der Waals surface area contributed by atoms with Crippen LogP contribution in [-0.2, 0) is 4.74 Å². The first kappa shape index (κ1) is 22.0. The second kappa shape index (κ2) is 8.53. The summed E-state index contributed by atoms with van der Waals surface area (Å²) in [5.74, 6) is -4.30. The van der Waals surface area contributed by atoms with Gasteiger partial charge in [-0.1, -0.05) is 6.07 Å². The zero-order valence-corrected chi connectivity index (χ0v) is 17.9. The summed E-state index contributed by atoms with van der Waals surface area (Å²) < 4.78 is 50.3. The molecule has 2 N–H and O–H groups in total. The molecule has 1 aliphatic heterocycles. The van der Waals surface area contributed by atoms with Crippen LogP contribution < -0.4 is 0 Å².